The highest BCUT2D eigenvalue weighted by Gasteiger charge is 2.35. The molecule has 0 aromatic heterocycles. The van der Waals surface area contributed by atoms with Crippen LogP contribution in [0.25, 0.3) is 0 Å². The first-order valence-electron chi connectivity index (χ1n) is 5.95. The number of hydrogen-bond donors (Lipinski definition) is 2. The van der Waals surface area contributed by atoms with Gasteiger partial charge >= 0.3 is 5.97 Å². The van der Waals surface area contributed by atoms with Crippen LogP contribution in [0.4, 0.5) is 10.1 Å². The summed E-state index contributed by atoms with van der Waals surface area (Å²) in [5.74, 6) is -1.44. The predicted octanol–water partition coefficient (Wildman–Crippen LogP) is 4.00. The second kappa shape index (κ2) is 5.63. The quantitative estimate of drug-likeness (QED) is 0.886. The maximum atomic E-state index is 13.0. The molecule has 0 saturated carbocycles. The number of rotatable bonds is 4. The smallest absolute Gasteiger partial charge is 0.333 e. The van der Waals surface area contributed by atoms with Gasteiger partial charge in [-0.15, -0.1) is 0 Å². The number of carbonyl (C=O) groups is 1. The molecule has 5 heteroatoms. The SMILES string of the molecule is CC(Nc1cccc(Br)c1)(C(=O)O)c1ccc(F)cc1. The van der Waals surface area contributed by atoms with Gasteiger partial charge in [-0.05, 0) is 42.8 Å². The molecule has 1 unspecified atom stereocenters. The van der Waals surface area contributed by atoms with Gasteiger partial charge < -0.3 is 10.4 Å². The van der Waals surface area contributed by atoms with Crippen molar-refractivity contribution in [3.05, 3.63) is 64.4 Å². The number of halogens is 2. The summed E-state index contributed by atoms with van der Waals surface area (Å²) in [5.41, 5.74) is -0.200. The van der Waals surface area contributed by atoms with E-state index >= 15 is 0 Å². The number of anilines is 1. The van der Waals surface area contributed by atoms with Crippen LogP contribution in [0.5, 0.6) is 0 Å². The Bertz CT molecular complexity index is 630. The zero-order chi connectivity index (χ0) is 14.8. The monoisotopic (exact) mass is 337 g/mol. The Morgan fingerprint density at radius 1 is 1.25 bits per heavy atom. The number of benzene rings is 2. The van der Waals surface area contributed by atoms with E-state index in [0.29, 0.717) is 11.3 Å². The minimum absolute atomic E-state index is 0.399. The molecule has 2 rings (SSSR count). The Kier molecular flexibility index (Phi) is 4.09. The van der Waals surface area contributed by atoms with E-state index in [-0.39, 0.29) is 0 Å². The van der Waals surface area contributed by atoms with Gasteiger partial charge in [0.25, 0.3) is 0 Å². The van der Waals surface area contributed by atoms with Gasteiger partial charge in [0.15, 0.2) is 5.54 Å². The summed E-state index contributed by atoms with van der Waals surface area (Å²) in [6.07, 6.45) is 0. The van der Waals surface area contributed by atoms with E-state index in [4.69, 9.17) is 0 Å². The van der Waals surface area contributed by atoms with Crippen LogP contribution in [0, 0.1) is 5.82 Å². The average molecular weight is 338 g/mol. The summed E-state index contributed by atoms with van der Waals surface area (Å²) in [4.78, 5) is 11.6. The number of hydrogen-bond acceptors (Lipinski definition) is 2. The van der Waals surface area contributed by atoms with E-state index in [1.807, 2.05) is 6.07 Å². The van der Waals surface area contributed by atoms with Crippen molar-refractivity contribution in [3.8, 4) is 0 Å². The normalized spacial score (nSPS) is 13.6. The number of carboxylic acids is 1. The third kappa shape index (κ3) is 2.99. The van der Waals surface area contributed by atoms with E-state index in [1.165, 1.54) is 24.3 Å². The Morgan fingerprint density at radius 3 is 2.45 bits per heavy atom. The summed E-state index contributed by atoms with van der Waals surface area (Å²) in [5, 5.41) is 12.5. The van der Waals surface area contributed by atoms with E-state index in [2.05, 4.69) is 21.2 Å². The van der Waals surface area contributed by atoms with Gasteiger partial charge in [0.05, 0.1) is 0 Å². The standard InChI is InChI=1S/C15H13BrFNO2/c1-15(14(19)20,10-5-7-12(17)8-6-10)18-13-4-2-3-11(16)9-13/h2-9,18H,1H3,(H,19,20). The van der Waals surface area contributed by atoms with Gasteiger partial charge in [-0.3, -0.25) is 0 Å². The molecule has 0 spiro atoms. The van der Waals surface area contributed by atoms with Crippen LogP contribution in [-0.2, 0) is 10.3 Å². The van der Waals surface area contributed by atoms with Crippen LogP contribution in [-0.4, -0.2) is 11.1 Å². The van der Waals surface area contributed by atoms with Crippen molar-refractivity contribution in [2.24, 2.45) is 0 Å². The lowest BCUT2D eigenvalue weighted by atomic mass is 9.91. The molecule has 0 fully saturated rings. The zero-order valence-electron chi connectivity index (χ0n) is 10.7. The zero-order valence-corrected chi connectivity index (χ0v) is 12.3. The fourth-order valence-corrected chi connectivity index (χ4v) is 2.29. The first-order chi connectivity index (χ1) is 9.41. The third-order valence-electron chi connectivity index (χ3n) is 3.07. The minimum atomic E-state index is -1.34. The van der Waals surface area contributed by atoms with Gasteiger partial charge in [-0.1, -0.05) is 34.1 Å². The third-order valence-corrected chi connectivity index (χ3v) is 3.56. The van der Waals surface area contributed by atoms with E-state index in [1.54, 1.807) is 25.1 Å². The van der Waals surface area contributed by atoms with E-state index in [0.717, 1.165) is 4.47 Å². The van der Waals surface area contributed by atoms with Crippen LogP contribution in [0.2, 0.25) is 0 Å². The topological polar surface area (TPSA) is 49.3 Å². The van der Waals surface area contributed by atoms with Crippen molar-refractivity contribution in [3.63, 3.8) is 0 Å². The number of aliphatic carboxylic acids is 1. The van der Waals surface area contributed by atoms with Crippen LogP contribution >= 0.6 is 15.9 Å². The molecular formula is C15H13BrFNO2. The molecule has 104 valence electrons. The molecule has 0 aliphatic carbocycles. The first-order valence-corrected chi connectivity index (χ1v) is 6.74. The highest BCUT2D eigenvalue weighted by atomic mass is 79.9. The van der Waals surface area contributed by atoms with Gasteiger partial charge in [0.1, 0.15) is 5.82 Å². The minimum Gasteiger partial charge on any atom is -0.479 e. The molecule has 0 heterocycles. The first kappa shape index (κ1) is 14.5. The summed E-state index contributed by atoms with van der Waals surface area (Å²) in [7, 11) is 0. The van der Waals surface area contributed by atoms with Crippen molar-refractivity contribution in [1.29, 1.82) is 0 Å². The second-order valence-electron chi connectivity index (χ2n) is 4.57. The van der Waals surface area contributed by atoms with Gasteiger partial charge in [-0.25, -0.2) is 9.18 Å². The lowest BCUT2D eigenvalue weighted by molar-refractivity contribution is -0.142. The van der Waals surface area contributed by atoms with Crippen molar-refractivity contribution in [2.45, 2.75) is 12.5 Å². The Morgan fingerprint density at radius 2 is 1.90 bits per heavy atom. The van der Waals surface area contributed by atoms with Crippen LogP contribution in [0.15, 0.2) is 53.0 Å². The second-order valence-corrected chi connectivity index (χ2v) is 5.49. The highest BCUT2D eigenvalue weighted by Crippen LogP contribution is 2.28. The lowest BCUT2D eigenvalue weighted by Gasteiger charge is -2.28. The summed E-state index contributed by atoms with van der Waals surface area (Å²) < 4.78 is 13.8. The maximum absolute atomic E-state index is 13.0. The van der Waals surface area contributed by atoms with Crippen molar-refractivity contribution in [1.82, 2.24) is 0 Å². The summed E-state index contributed by atoms with van der Waals surface area (Å²) >= 11 is 3.34. The van der Waals surface area contributed by atoms with Crippen LogP contribution in [0.1, 0.15) is 12.5 Å². The Labute approximate surface area is 124 Å². The molecular weight excluding hydrogens is 325 g/mol. The summed E-state index contributed by atoms with van der Waals surface area (Å²) in [6.45, 7) is 1.55. The molecule has 1 atom stereocenters. The van der Waals surface area contributed by atoms with Crippen LogP contribution < -0.4 is 5.32 Å². The lowest BCUT2D eigenvalue weighted by Crippen LogP contribution is -2.40. The maximum Gasteiger partial charge on any atom is 0.333 e. The molecule has 0 aliphatic rings. The summed E-state index contributed by atoms with van der Waals surface area (Å²) in [6, 6.07) is 12.6. The van der Waals surface area contributed by atoms with E-state index in [9.17, 15) is 14.3 Å². The van der Waals surface area contributed by atoms with Crippen molar-refractivity contribution < 1.29 is 14.3 Å². The fourth-order valence-electron chi connectivity index (χ4n) is 1.89. The number of nitrogens with one attached hydrogen (secondary N) is 1. The van der Waals surface area contributed by atoms with Crippen LogP contribution in [0.3, 0.4) is 0 Å². The molecule has 0 amide bonds. The van der Waals surface area contributed by atoms with E-state index < -0.39 is 17.3 Å². The molecule has 0 saturated heterocycles. The molecule has 2 aromatic rings. The molecule has 20 heavy (non-hydrogen) atoms. The Balaban J connectivity index is 2.39. The fraction of sp³-hybridized carbons (Fsp3) is 0.133. The molecule has 0 aliphatic heterocycles. The van der Waals surface area contributed by atoms with Crippen molar-refractivity contribution >= 4 is 27.6 Å². The predicted molar refractivity (Wildman–Crippen MR) is 79.2 cm³/mol. The van der Waals surface area contributed by atoms with Gasteiger partial charge in [0.2, 0.25) is 0 Å². The molecule has 0 bridgehead atoms. The Hall–Kier alpha value is -1.88. The molecule has 2 aromatic carbocycles. The van der Waals surface area contributed by atoms with Gasteiger partial charge in [-0.2, -0.15) is 0 Å². The number of carboxylic acid groups (broad SMARTS) is 1. The molecule has 3 nitrogen and oxygen atoms in total. The average Bonchev–Trinajstić information content (AvgIpc) is 2.39. The largest absolute Gasteiger partial charge is 0.479 e. The highest BCUT2D eigenvalue weighted by molar-refractivity contribution is 9.10. The van der Waals surface area contributed by atoms with Gasteiger partial charge in [0, 0.05) is 10.2 Å². The molecule has 2 N–H and O–H groups in total. The van der Waals surface area contributed by atoms with Crippen molar-refractivity contribution in [2.75, 3.05) is 5.32 Å². The molecule has 0 radical (unpaired) electrons.